The minimum Gasteiger partial charge on any atom is -0.478 e. The molecule has 1 fully saturated rings. The van der Waals surface area contributed by atoms with Crippen molar-refractivity contribution in [1.82, 2.24) is 5.32 Å². The first-order valence-corrected chi connectivity index (χ1v) is 13.4. The number of fused-ring (bicyclic) bond motifs is 1. The van der Waals surface area contributed by atoms with Crippen LogP contribution >= 0.6 is 0 Å². The number of carboxylic acids is 1. The third-order valence-electron chi connectivity index (χ3n) is 6.43. The van der Waals surface area contributed by atoms with E-state index in [2.05, 4.69) is 10.0 Å². The maximum atomic E-state index is 13.5. The first-order chi connectivity index (χ1) is 18.1. The van der Waals surface area contributed by atoms with E-state index in [0.29, 0.717) is 22.1 Å². The predicted molar refractivity (Wildman–Crippen MR) is 141 cm³/mol. The standard InChI is InChI=1S/C27H24FN3O6S/c1-30-26(32)24-21-12-19(14-2-3-14)16(10-23(21)37-25(24)15-4-6-17(28)7-5-15)13-38(35,36)31-18-8-9-22(29)20(11-18)27(33)34/h4-12,14,31H,2-3,13,29H2,1H3,(H,30,32)(H,33,34). The topological polar surface area (TPSA) is 152 Å². The Balaban J connectivity index is 1.57. The Bertz CT molecular complexity index is 1690. The fraction of sp³-hybridized carbons (Fsp3) is 0.185. The number of aromatic carboxylic acids is 1. The van der Waals surface area contributed by atoms with E-state index in [-0.39, 0.29) is 40.1 Å². The van der Waals surface area contributed by atoms with E-state index >= 15 is 0 Å². The van der Waals surface area contributed by atoms with Crippen LogP contribution in [0, 0.1) is 5.82 Å². The van der Waals surface area contributed by atoms with E-state index in [9.17, 15) is 27.5 Å². The van der Waals surface area contributed by atoms with E-state index in [4.69, 9.17) is 10.2 Å². The summed E-state index contributed by atoms with van der Waals surface area (Å²) in [6.07, 6.45) is 1.76. The molecule has 0 saturated heterocycles. The quantitative estimate of drug-likeness (QED) is 0.238. The van der Waals surface area contributed by atoms with Crippen molar-refractivity contribution >= 4 is 44.2 Å². The summed E-state index contributed by atoms with van der Waals surface area (Å²) in [5.74, 6) is -2.09. The highest BCUT2D eigenvalue weighted by molar-refractivity contribution is 7.91. The Morgan fingerprint density at radius 3 is 2.45 bits per heavy atom. The second-order valence-corrected chi connectivity index (χ2v) is 10.9. The molecule has 0 spiro atoms. The van der Waals surface area contributed by atoms with Crippen LogP contribution in [-0.4, -0.2) is 32.4 Å². The minimum absolute atomic E-state index is 0.0172. The van der Waals surface area contributed by atoms with Crippen molar-refractivity contribution in [2.24, 2.45) is 0 Å². The minimum atomic E-state index is -3.97. The van der Waals surface area contributed by atoms with E-state index in [1.54, 1.807) is 12.1 Å². The number of nitrogens with one attached hydrogen (secondary N) is 2. The lowest BCUT2D eigenvalue weighted by Gasteiger charge is -2.13. The summed E-state index contributed by atoms with van der Waals surface area (Å²) >= 11 is 0. The van der Waals surface area contributed by atoms with E-state index in [0.717, 1.165) is 24.5 Å². The molecule has 196 valence electrons. The molecule has 0 unspecified atom stereocenters. The second-order valence-electron chi connectivity index (χ2n) is 9.18. The summed E-state index contributed by atoms with van der Waals surface area (Å²) in [5, 5.41) is 12.4. The van der Waals surface area contributed by atoms with Crippen LogP contribution in [0.3, 0.4) is 0 Å². The van der Waals surface area contributed by atoms with Crippen LogP contribution in [0.1, 0.15) is 50.6 Å². The van der Waals surface area contributed by atoms with Gasteiger partial charge >= 0.3 is 5.97 Å². The number of carboxylic acid groups (broad SMARTS) is 1. The number of hydrogen-bond acceptors (Lipinski definition) is 6. The summed E-state index contributed by atoms with van der Waals surface area (Å²) in [4.78, 5) is 24.2. The molecule has 0 radical (unpaired) electrons. The number of sulfonamides is 1. The van der Waals surface area contributed by atoms with Crippen LogP contribution in [0.2, 0.25) is 0 Å². The zero-order chi connectivity index (χ0) is 27.2. The van der Waals surface area contributed by atoms with Gasteiger partial charge in [0.05, 0.1) is 16.9 Å². The average molecular weight is 538 g/mol. The highest BCUT2D eigenvalue weighted by atomic mass is 32.2. The number of nitrogen functional groups attached to an aromatic ring is 1. The molecule has 0 aliphatic heterocycles. The van der Waals surface area contributed by atoms with E-state index in [1.165, 1.54) is 43.4 Å². The summed E-state index contributed by atoms with van der Waals surface area (Å²) in [6, 6.07) is 12.8. The zero-order valence-corrected chi connectivity index (χ0v) is 21.1. The maximum Gasteiger partial charge on any atom is 0.337 e. The van der Waals surface area contributed by atoms with Gasteiger partial charge in [0, 0.05) is 29.4 Å². The van der Waals surface area contributed by atoms with Crippen LogP contribution < -0.4 is 15.8 Å². The first-order valence-electron chi connectivity index (χ1n) is 11.8. The molecule has 9 nitrogen and oxygen atoms in total. The van der Waals surface area contributed by atoms with E-state index < -0.39 is 27.6 Å². The van der Waals surface area contributed by atoms with Crippen LogP contribution in [0.25, 0.3) is 22.3 Å². The number of furan rings is 1. The largest absolute Gasteiger partial charge is 0.478 e. The number of halogens is 1. The number of benzene rings is 3. The normalized spacial score (nSPS) is 13.4. The van der Waals surface area contributed by atoms with Crippen LogP contribution in [0.5, 0.6) is 0 Å². The van der Waals surface area contributed by atoms with Crippen molar-refractivity contribution in [2.45, 2.75) is 24.5 Å². The zero-order valence-electron chi connectivity index (χ0n) is 20.2. The molecule has 5 N–H and O–H groups in total. The molecule has 1 aliphatic rings. The van der Waals surface area contributed by atoms with Gasteiger partial charge in [0.2, 0.25) is 10.0 Å². The molecule has 1 aliphatic carbocycles. The molecule has 4 aromatic rings. The molecule has 1 heterocycles. The molecular formula is C27H24FN3O6S. The SMILES string of the molecule is CNC(=O)c1c(-c2ccc(F)cc2)oc2cc(CS(=O)(=O)Nc3ccc(N)c(C(=O)O)c3)c(C3CC3)cc12. The van der Waals surface area contributed by atoms with Crippen LogP contribution in [-0.2, 0) is 15.8 Å². The van der Waals surface area contributed by atoms with Gasteiger partial charge in [-0.3, -0.25) is 9.52 Å². The Kier molecular flexibility index (Phi) is 6.31. The Hall–Kier alpha value is -4.38. The summed E-state index contributed by atoms with van der Waals surface area (Å²) in [6.45, 7) is 0. The van der Waals surface area contributed by atoms with Gasteiger partial charge in [-0.15, -0.1) is 0 Å². The number of hydrogen-bond donors (Lipinski definition) is 4. The van der Waals surface area contributed by atoms with Crippen molar-refractivity contribution in [3.8, 4) is 11.3 Å². The molecular weight excluding hydrogens is 513 g/mol. The van der Waals surface area contributed by atoms with Gasteiger partial charge in [0.1, 0.15) is 17.2 Å². The molecule has 11 heteroatoms. The van der Waals surface area contributed by atoms with Crippen molar-refractivity contribution in [1.29, 1.82) is 0 Å². The fourth-order valence-corrected chi connectivity index (χ4v) is 5.70. The van der Waals surface area contributed by atoms with Crippen LogP contribution in [0.4, 0.5) is 15.8 Å². The van der Waals surface area contributed by atoms with Crippen LogP contribution in [0.15, 0.2) is 59.0 Å². The van der Waals surface area contributed by atoms with Gasteiger partial charge in [-0.1, -0.05) is 0 Å². The monoisotopic (exact) mass is 537 g/mol. The van der Waals surface area contributed by atoms with Gasteiger partial charge in [-0.2, -0.15) is 0 Å². The summed E-state index contributed by atoms with van der Waals surface area (Å²) in [5.41, 5.74) is 7.95. The highest BCUT2D eigenvalue weighted by Gasteiger charge is 2.31. The lowest BCUT2D eigenvalue weighted by molar-refractivity contribution is 0.0697. The van der Waals surface area contributed by atoms with E-state index in [1.807, 2.05) is 0 Å². The molecule has 38 heavy (non-hydrogen) atoms. The molecule has 1 saturated carbocycles. The first kappa shape index (κ1) is 25.3. The molecule has 1 amide bonds. The number of carbonyl (C=O) groups excluding carboxylic acids is 1. The predicted octanol–water partition coefficient (Wildman–Crippen LogP) is 4.70. The smallest absolute Gasteiger partial charge is 0.337 e. The lowest BCUT2D eigenvalue weighted by atomic mass is 9.98. The number of rotatable bonds is 8. The van der Waals surface area contributed by atoms with Gasteiger partial charge < -0.3 is 20.6 Å². The maximum absolute atomic E-state index is 13.5. The second kappa shape index (κ2) is 9.49. The van der Waals surface area contributed by atoms with Crippen molar-refractivity contribution in [2.75, 3.05) is 17.5 Å². The summed E-state index contributed by atoms with van der Waals surface area (Å²) in [7, 11) is -2.47. The van der Waals surface area contributed by atoms with Gasteiger partial charge in [-0.05, 0) is 84.5 Å². The molecule has 1 aromatic heterocycles. The number of carbonyl (C=O) groups is 2. The van der Waals surface area contributed by atoms with Crippen molar-refractivity contribution in [3.63, 3.8) is 0 Å². The van der Waals surface area contributed by atoms with Crippen molar-refractivity contribution in [3.05, 3.63) is 82.7 Å². The van der Waals surface area contributed by atoms with Gasteiger partial charge in [-0.25, -0.2) is 17.6 Å². The van der Waals surface area contributed by atoms with Crippen molar-refractivity contribution < 1.29 is 31.9 Å². The number of nitrogens with two attached hydrogens (primary N) is 1. The number of anilines is 2. The average Bonchev–Trinajstić information content (AvgIpc) is 3.64. The highest BCUT2D eigenvalue weighted by Crippen LogP contribution is 2.45. The fourth-order valence-electron chi connectivity index (χ4n) is 4.48. The Labute approximate surface area is 217 Å². The summed E-state index contributed by atoms with van der Waals surface area (Å²) < 4.78 is 48.3. The van der Waals surface area contributed by atoms with Gasteiger partial charge in [0.25, 0.3) is 5.91 Å². The molecule has 0 bridgehead atoms. The Morgan fingerprint density at radius 1 is 1.11 bits per heavy atom. The third-order valence-corrected chi connectivity index (χ3v) is 7.67. The third kappa shape index (κ3) is 4.92. The number of amides is 1. The molecule has 5 rings (SSSR count). The Morgan fingerprint density at radius 2 is 1.82 bits per heavy atom. The molecule has 0 atom stereocenters. The van der Waals surface area contributed by atoms with Gasteiger partial charge in [0.15, 0.2) is 0 Å². The molecule has 3 aromatic carbocycles. The lowest BCUT2D eigenvalue weighted by Crippen LogP contribution is -2.18.